The first kappa shape index (κ1) is 17.4. The largest absolute Gasteiger partial charge is 0.366 e. The van der Waals surface area contributed by atoms with Crippen molar-refractivity contribution < 1.29 is 14.4 Å². The van der Waals surface area contributed by atoms with E-state index in [9.17, 15) is 14.4 Å². The molecule has 5 amide bonds. The predicted molar refractivity (Wildman–Crippen MR) is 74.7 cm³/mol. The summed E-state index contributed by atoms with van der Waals surface area (Å²) in [6, 6.07) is -1.85. The van der Waals surface area contributed by atoms with E-state index in [-0.39, 0.29) is 16.4 Å². The number of halogens is 4. The topological polar surface area (TPSA) is 64.2 Å². The van der Waals surface area contributed by atoms with Gasteiger partial charge in [0.15, 0.2) is 0 Å². The molecular formula is C9H12Cl4N4O3. The molecule has 114 valence electrons. The molecule has 1 aliphatic heterocycles. The van der Waals surface area contributed by atoms with Gasteiger partial charge >= 0.3 is 12.1 Å². The molecule has 0 N–H and O–H groups in total. The van der Waals surface area contributed by atoms with Crippen molar-refractivity contribution in [1.82, 2.24) is 17.7 Å². The molecule has 11 heteroatoms. The fraction of sp³-hybridized carbons (Fsp3) is 0.667. The molecule has 0 aromatic carbocycles. The van der Waals surface area contributed by atoms with Gasteiger partial charge in [-0.25, -0.2) is 18.4 Å². The number of rotatable bonds is 4. The number of carbonyl (C=O) groups excluding carboxylic acids is 3. The number of hydrogen-bond donors (Lipinski definition) is 0. The number of amides is 5. The second kappa shape index (κ2) is 6.89. The molecule has 0 aromatic rings. The van der Waals surface area contributed by atoms with Crippen LogP contribution in [0.1, 0.15) is 20.3 Å². The van der Waals surface area contributed by atoms with Gasteiger partial charge in [-0.05, 0) is 5.92 Å². The molecule has 7 nitrogen and oxygen atoms in total. The Hall–Kier alpha value is -0.630. The van der Waals surface area contributed by atoms with E-state index in [0.29, 0.717) is 8.84 Å². The second-order valence-electron chi connectivity index (χ2n) is 4.26. The van der Waals surface area contributed by atoms with Crippen molar-refractivity contribution in [2.45, 2.75) is 26.4 Å². The summed E-state index contributed by atoms with van der Waals surface area (Å²) >= 11 is 21.9. The Morgan fingerprint density at radius 1 is 1.35 bits per heavy atom. The summed E-state index contributed by atoms with van der Waals surface area (Å²) in [6.45, 7) is 3.97. The maximum absolute atomic E-state index is 12.1. The van der Waals surface area contributed by atoms with E-state index in [1.807, 2.05) is 13.8 Å². The summed E-state index contributed by atoms with van der Waals surface area (Å²) in [5, 5.41) is 0. The molecule has 1 rings (SSSR count). The number of nitrogens with zero attached hydrogens (tertiary/aromatic N) is 4. The predicted octanol–water partition coefficient (Wildman–Crippen LogP) is 2.96. The summed E-state index contributed by atoms with van der Waals surface area (Å²) in [5.74, 6) is -0.632. The van der Waals surface area contributed by atoms with Crippen LogP contribution in [-0.4, -0.2) is 48.4 Å². The van der Waals surface area contributed by atoms with Crippen molar-refractivity contribution in [2.75, 3.05) is 6.54 Å². The van der Waals surface area contributed by atoms with Crippen LogP contribution in [0.4, 0.5) is 9.59 Å². The number of imide groups is 1. The van der Waals surface area contributed by atoms with Gasteiger partial charge < -0.3 is 0 Å². The average Bonchev–Trinajstić information content (AvgIpc) is 2.60. The van der Waals surface area contributed by atoms with Gasteiger partial charge in [-0.2, -0.15) is 0 Å². The fourth-order valence-corrected chi connectivity index (χ4v) is 2.32. The van der Waals surface area contributed by atoms with Crippen LogP contribution < -0.4 is 0 Å². The van der Waals surface area contributed by atoms with Crippen molar-refractivity contribution in [3.8, 4) is 0 Å². The minimum atomic E-state index is -1.50. The average molecular weight is 366 g/mol. The van der Waals surface area contributed by atoms with Crippen molar-refractivity contribution in [3.63, 3.8) is 0 Å². The Kier molecular flexibility index (Phi) is 6.00. The summed E-state index contributed by atoms with van der Waals surface area (Å²) in [6.07, 6.45) is -0.729. The van der Waals surface area contributed by atoms with Gasteiger partial charge in [-0.15, -0.1) is 3.94 Å². The lowest BCUT2D eigenvalue weighted by atomic mass is 10.1. The van der Waals surface area contributed by atoms with Gasteiger partial charge in [0.05, 0.1) is 0 Å². The molecule has 1 heterocycles. The SMILES string of the molecule is CCC(C)CN1C(=O)C(N(Cl)C(=O)N(Cl)Cl)N(Cl)C1=O. The Balaban J connectivity index is 2.92. The Bertz CT molecular complexity index is 422. The standard InChI is InChI=1S/C9H12Cl4N4O3/c1-3-5(2)4-14-7(18)6(15(10)8(14)19)16(11)9(20)17(12)13/h5-6H,3-4H2,1-2H3. The molecule has 0 bridgehead atoms. The molecule has 20 heavy (non-hydrogen) atoms. The molecule has 1 aliphatic rings. The monoisotopic (exact) mass is 364 g/mol. The van der Waals surface area contributed by atoms with Crippen LogP contribution in [-0.2, 0) is 4.79 Å². The highest BCUT2D eigenvalue weighted by Gasteiger charge is 2.50. The van der Waals surface area contributed by atoms with E-state index in [1.165, 1.54) is 0 Å². The highest BCUT2D eigenvalue weighted by Crippen LogP contribution is 2.27. The molecule has 1 fully saturated rings. The zero-order valence-corrected chi connectivity index (χ0v) is 13.6. The highest BCUT2D eigenvalue weighted by molar-refractivity contribution is 6.43. The normalized spacial score (nSPS) is 20.4. The molecule has 1 saturated heterocycles. The molecule has 0 spiro atoms. The summed E-state index contributed by atoms with van der Waals surface area (Å²) < 4.78 is 1.03. The van der Waals surface area contributed by atoms with Crippen molar-refractivity contribution >= 4 is 65.1 Å². The van der Waals surface area contributed by atoms with E-state index in [1.54, 1.807) is 0 Å². The van der Waals surface area contributed by atoms with Gasteiger partial charge in [-0.1, -0.05) is 20.3 Å². The summed E-state index contributed by atoms with van der Waals surface area (Å²) in [4.78, 5) is 36.5. The Labute approximate surface area is 136 Å². The maximum atomic E-state index is 12.1. The minimum Gasteiger partial charge on any atom is -0.270 e. The molecule has 0 aromatic heterocycles. The van der Waals surface area contributed by atoms with E-state index in [2.05, 4.69) is 0 Å². The molecule has 0 saturated carbocycles. The minimum absolute atomic E-state index is 0.0868. The van der Waals surface area contributed by atoms with Crippen LogP contribution in [0.3, 0.4) is 0 Å². The number of hydrogen-bond acceptors (Lipinski definition) is 3. The third-order valence-electron chi connectivity index (χ3n) is 2.85. The molecule has 2 unspecified atom stereocenters. The zero-order valence-electron chi connectivity index (χ0n) is 10.6. The van der Waals surface area contributed by atoms with Gasteiger partial charge in [0.1, 0.15) is 0 Å². The van der Waals surface area contributed by atoms with Gasteiger partial charge in [0.2, 0.25) is 6.17 Å². The summed E-state index contributed by atoms with van der Waals surface area (Å²) in [5.41, 5.74) is 0. The zero-order chi connectivity index (χ0) is 15.6. The fourth-order valence-electron chi connectivity index (χ4n) is 1.52. The van der Waals surface area contributed by atoms with Crippen LogP contribution in [0, 0.1) is 5.92 Å². The molecule has 2 atom stereocenters. The molecule has 0 radical (unpaired) electrons. The van der Waals surface area contributed by atoms with Gasteiger partial charge in [0.25, 0.3) is 5.91 Å². The van der Waals surface area contributed by atoms with Crippen LogP contribution in [0.15, 0.2) is 0 Å². The van der Waals surface area contributed by atoms with E-state index < -0.39 is 24.1 Å². The van der Waals surface area contributed by atoms with Crippen molar-refractivity contribution in [1.29, 1.82) is 0 Å². The number of urea groups is 2. The van der Waals surface area contributed by atoms with Crippen LogP contribution in [0.25, 0.3) is 0 Å². The first-order chi connectivity index (χ1) is 9.22. The summed E-state index contributed by atoms with van der Waals surface area (Å²) in [7, 11) is 0. The maximum Gasteiger partial charge on any atom is 0.366 e. The van der Waals surface area contributed by atoms with Gasteiger partial charge in [-0.3, -0.25) is 9.69 Å². The van der Waals surface area contributed by atoms with Crippen molar-refractivity contribution in [3.05, 3.63) is 0 Å². The van der Waals surface area contributed by atoms with Crippen LogP contribution in [0.2, 0.25) is 0 Å². The lowest BCUT2D eigenvalue weighted by molar-refractivity contribution is -0.130. The third-order valence-corrected chi connectivity index (χ3v) is 3.80. The first-order valence-corrected chi connectivity index (χ1v) is 6.98. The van der Waals surface area contributed by atoms with Gasteiger partial charge in [0, 0.05) is 53.7 Å². The number of carbonyl (C=O) groups is 3. The Morgan fingerprint density at radius 2 is 1.90 bits per heavy atom. The Morgan fingerprint density at radius 3 is 2.35 bits per heavy atom. The lowest BCUT2D eigenvalue weighted by Gasteiger charge is -2.22. The molecule has 0 aliphatic carbocycles. The highest BCUT2D eigenvalue weighted by atomic mass is 35.5. The third kappa shape index (κ3) is 3.33. The van der Waals surface area contributed by atoms with Crippen LogP contribution >= 0.6 is 47.1 Å². The lowest BCUT2D eigenvalue weighted by Crippen LogP contribution is -2.45. The van der Waals surface area contributed by atoms with Crippen molar-refractivity contribution in [2.24, 2.45) is 5.92 Å². The second-order valence-corrected chi connectivity index (χ2v) is 5.83. The smallest absolute Gasteiger partial charge is 0.270 e. The van der Waals surface area contributed by atoms with E-state index in [4.69, 9.17) is 47.1 Å². The quantitative estimate of drug-likeness (QED) is 0.568. The van der Waals surface area contributed by atoms with Crippen LogP contribution in [0.5, 0.6) is 0 Å². The first-order valence-electron chi connectivity index (χ1n) is 5.63. The van der Waals surface area contributed by atoms with E-state index >= 15 is 0 Å². The molecular weight excluding hydrogens is 354 g/mol. The van der Waals surface area contributed by atoms with E-state index in [0.717, 1.165) is 11.3 Å².